The molecule has 6 aliphatic rings. The SMILES string of the molecule is CS(=O)(=O)[C@@H]1CC=CC2=C1CCc1c2ccc2c(C3CC3)cc(N3CCN(C(=O)C4CC4)C(C4CC4)C3)cc12. The van der Waals surface area contributed by atoms with E-state index < -0.39 is 9.84 Å². The molecule has 0 radical (unpaired) electrons. The normalized spacial score (nSPS) is 27.1. The second-order valence-corrected chi connectivity index (χ2v) is 15.3. The van der Waals surface area contributed by atoms with Crippen LogP contribution in [-0.4, -0.2) is 56.4 Å². The summed E-state index contributed by atoms with van der Waals surface area (Å²) in [6.45, 7) is 2.69. The Labute approximate surface area is 231 Å². The van der Waals surface area contributed by atoms with Crippen molar-refractivity contribution in [2.45, 2.75) is 75.0 Å². The summed E-state index contributed by atoms with van der Waals surface area (Å²) in [6.07, 6.45) is 15.1. The van der Waals surface area contributed by atoms with Gasteiger partial charge in [0.2, 0.25) is 5.91 Å². The van der Waals surface area contributed by atoms with E-state index in [2.05, 4.69) is 46.2 Å². The molecular weight excluding hydrogens is 504 g/mol. The number of fused-ring (bicyclic) bond motifs is 4. The Bertz CT molecular complexity index is 1560. The quantitative estimate of drug-likeness (QED) is 0.492. The molecule has 1 unspecified atom stereocenters. The number of anilines is 1. The molecule has 5 aliphatic carbocycles. The first-order chi connectivity index (χ1) is 18.9. The van der Waals surface area contributed by atoms with Crippen molar-refractivity contribution in [2.75, 3.05) is 30.8 Å². The molecule has 4 fully saturated rings. The van der Waals surface area contributed by atoms with E-state index in [-0.39, 0.29) is 5.25 Å². The number of aryl methyl sites for hydroxylation is 1. The van der Waals surface area contributed by atoms with Gasteiger partial charge in [0.15, 0.2) is 9.84 Å². The molecular formula is C33H38N2O3S. The Morgan fingerprint density at radius 2 is 1.77 bits per heavy atom. The molecule has 3 saturated carbocycles. The van der Waals surface area contributed by atoms with Crippen molar-refractivity contribution in [1.29, 1.82) is 0 Å². The number of carbonyl (C=O) groups excluding carboxylic acids is 1. The fourth-order valence-corrected chi connectivity index (χ4v) is 8.92. The van der Waals surface area contributed by atoms with Gasteiger partial charge in [0, 0.05) is 37.5 Å². The molecule has 0 spiro atoms. The standard InChI is InChI=1S/C33H38N2O3S/c1-39(37,38)32-4-2-3-24-25-11-12-27-29(20-5-6-20)17-23(18-30(27)26(25)13-14-28(24)32)34-15-16-35(33(36)22-9-10-22)31(19-34)21-7-8-21/h2-3,11-12,17-18,20-22,31-32H,4-10,13-16,19H2,1H3/t31?,32-/m1/s1. The fraction of sp³-hybridized carbons (Fsp3) is 0.545. The summed E-state index contributed by atoms with van der Waals surface area (Å²) in [6, 6.07) is 9.80. The maximum Gasteiger partial charge on any atom is 0.226 e. The number of allylic oxidation sites excluding steroid dienone is 3. The van der Waals surface area contributed by atoms with E-state index in [0.29, 0.717) is 36.1 Å². The van der Waals surface area contributed by atoms with Gasteiger partial charge in [0.25, 0.3) is 0 Å². The largest absolute Gasteiger partial charge is 0.368 e. The molecule has 1 saturated heterocycles. The molecule has 1 heterocycles. The van der Waals surface area contributed by atoms with Gasteiger partial charge in [-0.05, 0) is 120 Å². The zero-order valence-corrected chi connectivity index (χ0v) is 23.7. The molecule has 1 amide bonds. The molecule has 2 atom stereocenters. The van der Waals surface area contributed by atoms with Gasteiger partial charge < -0.3 is 9.80 Å². The number of sulfone groups is 1. The molecule has 204 valence electrons. The summed E-state index contributed by atoms with van der Waals surface area (Å²) < 4.78 is 25.2. The van der Waals surface area contributed by atoms with E-state index >= 15 is 0 Å². The van der Waals surface area contributed by atoms with Crippen molar-refractivity contribution in [3.05, 3.63) is 58.7 Å². The number of hydrogen-bond acceptors (Lipinski definition) is 4. The van der Waals surface area contributed by atoms with Crippen molar-refractivity contribution in [1.82, 2.24) is 4.90 Å². The summed E-state index contributed by atoms with van der Waals surface area (Å²) in [5, 5.41) is 2.35. The number of amides is 1. The lowest BCUT2D eigenvalue weighted by atomic mass is 9.78. The fourth-order valence-electron chi connectivity index (χ4n) is 7.70. The zero-order chi connectivity index (χ0) is 26.5. The summed E-state index contributed by atoms with van der Waals surface area (Å²) in [5.74, 6) is 2.01. The Hall–Kier alpha value is -2.60. The number of carbonyl (C=O) groups is 1. The van der Waals surface area contributed by atoms with Crippen molar-refractivity contribution < 1.29 is 13.2 Å². The molecule has 5 nitrogen and oxygen atoms in total. The predicted octanol–water partition coefficient (Wildman–Crippen LogP) is 5.63. The Morgan fingerprint density at radius 1 is 0.949 bits per heavy atom. The van der Waals surface area contributed by atoms with Gasteiger partial charge in [0.1, 0.15) is 0 Å². The lowest BCUT2D eigenvalue weighted by molar-refractivity contribution is -0.135. The van der Waals surface area contributed by atoms with Gasteiger partial charge in [-0.2, -0.15) is 0 Å². The average molecular weight is 543 g/mol. The Balaban J connectivity index is 1.20. The van der Waals surface area contributed by atoms with Gasteiger partial charge in [-0.3, -0.25) is 4.79 Å². The van der Waals surface area contributed by atoms with E-state index in [1.165, 1.54) is 65.1 Å². The second kappa shape index (κ2) is 8.70. The van der Waals surface area contributed by atoms with Gasteiger partial charge in [-0.15, -0.1) is 0 Å². The number of rotatable bonds is 5. The number of piperazine rings is 1. The minimum Gasteiger partial charge on any atom is -0.368 e. The molecule has 1 aliphatic heterocycles. The highest BCUT2D eigenvalue weighted by atomic mass is 32.2. The van der Waals surface area contributed by atoms with E-state index in [4.69, 9.17) is 0 Å². The van der Waals surface area contributed by atoms with E-state index in [1.807, 2.05) is 0 Å². The average Bonchev–Trinajstić information content (AvgIpc) is 3.77. The summed E-state index contributed by atoms with van der Waals surface area (Å²) in [4.78, 5) is 17.9. The third-order valence-corrected chi connectivity index (χ3v) is 11.8. The van der Waals surface area contributed by atoms with Crippen LogP contribution in [0.25, 0.3) is 16.3 Å². The van der Waals surface area contributed by atoms with E-state index in [9.17, 15) is 13.2 Å². The summed E-state index contributed by atoms with van der Waals surface area (Å²) in [7, 11) is -3.14. The lowest BCUT2D eigenvalue weighted by Gasteiger charge is -2.43. The predicted molar refractivity (Wildman–Crippen MR) is 157 cm³/mol. The van der Waals surface area contributed by atoms with Crippen LogP contribution in [0.1, 0.15) is 74.0 Å². The summed E-state index contributed by atoms with van der Waals surface area (Å²) in [5.41, 5.74) is 7.65. The van der Waals surface area contributed by atoms with Crippen molar-refractivity contribution in [2.24, 2.45) is 11.8 Å². The van der Waals surface area contributed by atoms with Gasteiger partial charge >= 0.3 is 0 Å². The molecule has 0 N–H and O–H groups in total. The first-order valence-corrected chi connectivity index (χ1v) is 17.1. The van der Waals surface area contributed by atoms with Crippen LogP contribution in [0.5, 0.6) is 0 Å². The van der Waals surface area contributed by atoms with Crippen LogP contribution in [-0.2, 0) is 21.1 Å². The highest BCUT2D eigenvalue weighted by molar-refractivity contribution is 7.91. The third-order valence-electron chi connectivity index (χ3n) is 10.3. The van der Waals surface area contributed by atoms with Crippen LogP contribution in [0.3, 0.4) is 0 Å². The van der Waals surface area contributed by atoms with Crippen molar-refractivity contribution in [3.8, 4) is 0 Å². The first-order valence-electron chi connectivity index (χ1n) is 15.1. The minimum atomic E-state index is -3.14. The third kappa shape index (κ3) is 4.16. The van der Waals surface area contributed by atoms with Crippen LogP contribution in [0.4, 0.5) is 5.69 Å². The molecule has 6 heteroatoms. The van der Waals surface area contributed by atoms with Gasteiger partial charge in [0.05, 0.1) is 11.3 Å². The van der Waals surface area contributed by atoms with Crippen LogP contribution in [0.2, 0.25) is 0 Å². The Morgan fingerprint density at radius 3 is 2.49 bits per heavy atom. The molecule has 2 aromatic rings. The topological polar surface area (TPSA) is 57.7 Å². The summed E-state index contributed by atoms with van der Waals surface area (Å²) >= 11 is 0. The molecule has 8 rings (SSSR count). The molecule has 0 aromatic heterocycles. The van der Waals surface area contributed by atoms with Crippen LogP contribution in [0, 0.1) is 11.8 Å². The molecule has 2 aromatic carbocycles. The second-order valence-electron chi connectivity index (χ2n) is 13.0. The van der Waals surface area contributed by atoms with Gasteiger partial charge in [-0.25, -0.2) is 8.42 Å². The first kappa shape index (κ1) is 24.2. The highest BCUT2D eigenvalue weighted by Gasteiger charge is 2.44. The maximum absolute atomic E-state index is 13.1. The smallest absolute Gasteiger partial charge is 0.226 e. The van der Waals surface area contributed by atoms with E-state index in [1.54, 1.807) is 0 Å². The number of hydrogen-bond donors (Lipinski definition) is 0. The molecule has 39 heavy (non-hydrogen) atoms. The Kier molecular flexibility index (Phi) is 5.40. The van der Waals surface area contributed by atoms with Crippen molar-refractivity contribution in [3.63, 3.8) is 0 Å². The highest BCUT2D eigenvalue weighted by Crippen LogP contribution is 2.49. The zero-order valence-electron chi connectivity index (χ0n) is 22.9. The van der Waals surface area contributed by atoms with Gasteiger partial charge in [-0.1, -0.05) is 24.3 Å². The lowest BCUT2D eigenvalue weighted by Crippen LogP contribution is -2.56. The maximum atomic E-state index is 13.1. The minimum absolute atomic E-state index is 0.293. The van der Waals surface area contributed by atoms with Crippen molar-refractivity contribution >= 4 is 37.8 Å². The number of nitrogens with zero attached hydrogens (tertiary/aromatic N) is 2. The number of benzene rings is 2. The van der Waals surface area contributed by atoms with E-state index in [0.717, 1.165) is 56.5 Å². The monoisotopic (exact) mass is 542 g/mol. The molecule has 0 bridgehead atoms. The van der Waals surface area contributed by atoms with Crippen LogP contribution >= 0.6 is 0 Å². The van der Waals surface area contributed by atoms with Crippen LogP contribution in [0.15, 0.2) is 42.0 Å². The van der Waals surface area contributed by atoms with Crippen LogP contribution < -0.4 is 4.90 Å².